The third-order valence-corrected chi connectivity index (χ3v) is 11.1. The number of fused-ring (bicyclic) bond motifs is 6. The molecule has 0 saturated heterocycles. The average molecular weight is 744 g/mol. The number of hydrogen-bond acceptors (Lipinski definition) is 1. The van der Waals surface area contributed by atoms with Crippen LogP contribution in [0, 0.1) is 18.3 Å². The number of alkyl halides is 3. The predicted octanol–water partition coefficient (Wildman–Crippen LogP) is 14.1. The summed E-state index contributed by atoms with van der Waals surface area (Å²) in [7, 11) is 0. The Morgan fingerprint density at radius 1 is 0.456 bits per heavy atom. The number of para-hydroxylation sites is 2. The number of nitriles is 1. The van der Waals surface area contributed by atoms with Gasteiger partial charge in [0.05, 0.1) is 50.6 Å². The van der Waals surface area contributed by atoms with Crippen molar-refractivity contribution in [1.82, 2.24) is 9.13 Å². The van der Waals surface area contributed by atoms with Gasteiger partial charge in [0.1, 0.15) is 0 Å². The maximum atomic E-state index is 14.2. The lowest BCUT2D eigenvalue weighted by Crippen LogP contribution is -2.08. The average Bonchev–Trinajstić information content (AvgIpc) is 3.75. The molecule has 2 aromatic heterocycles. The standard InChI is InChI=1S/C51H32F3N3/c1-32-26-38(51(52,53)54)22-25-39(32)50-48(56-44-18-10-8-16-40(44)42-23-20-36(29-46(42)56)34-12-4-2-5-13-34)27-33(31-55)28-49(50)57-45-19-11-9-17-41(45)43-24-21-37(30-47(43)57)35-14-6-3-7-15-35/h2-30H,1H3. The molecule has 0 N–H and O–H groups in total. The summed E-state index contributed by atoms with van der Waals surface area (Å²) in [5.41, 5.74) is 10.7. The second-order valence-corrected chi connectivity index (χ2v) is 14.4. The van der Waals surface area contributed by atoms with E-state index in [1.54, 1.807) is 13.0 Å². The molecule has 272 valence electrons. The lowest BCUT2D eigenvalue weighted by Gasteiger charge is -2.22. The Labute approximate surface area is 326 Å². The van der Waals surface area contributed by atoms with E-state index in [2.05, 4.69) is 100 Å². The van der Waals surface area contributed by atoms with Gasteiger partial charge in [-0.15, -0.1) is 0 Å². The maximum absolute atomic E-state index is 14.2. The Bertz CT molecular complexity index is 3060. The summed E-state index contributed by atoms with van der Waals surface area (Å²) in [5.74, 6) is 0. The van der Waals surface area contributed by atoms with Crippen LogP contribution < -0.4 is 0 Å². The Morgan fingerprint density at radius 2 is 0.912 bits per heavy atom. The first kappa shape index (κ1) is 34.2. The van der Waals surface area contributed by atoms with Gasteiger partial charge < -0.3 is 9.13 Å². The molecule has 0 aliphatic heterocycles. The van der Waals surface area contributed by atoms with Crippen LogP contribution in [0.15, 0.2) is 176 Å². The minimum Gasteiger partial charge on any atom is -0.308 e. The van der Waals surface area contributed by atoms with E-state index in [-0.39, 0.29) is 0 Å². The number of hydrogen-bond donors (Lipinski definition) is 0. The monoisotopic (exact) mass is 743 g/mol. The van der Waals surface area contributed by atoms with Crippen LogP contribution in [0.3, 0.4) is 0 Å². The first-order valence-electron chi connectivity index (χ1n) is 18.7. The second kappa shape index (κ2) is 13.1. The molecule has 0 fully saturated rings. The number of halogens is 3. The molecule has 0 radical (unpaired) electrons. The molecule has 0 spiro atoms. The summed E-state index contributed by atoms with van der Waals surface area (Å²) in [5, 5.41) is 14.9. The highest BCUT2D eigenvalue weighted by Gasteiger charge is 2.32. The fourth-order valence-corrected chi connectivity index (χ4v) is 8.51. The van der Waals surface area contributed by atoms with E-state index in [1.807, 2.05) is 72.8 Å². The SMILES string of the molecule is Cc1cc(C(F)(F)F)ccc1-c1c(-n2c3ccccc3c3ccc(-c4ccccc4)cc32)cc(C#N)cc1-n1c2ccccc2c2ccc(-c3ccccc3)cc21. The Balaban J connectivity index is 1.38. The quantitative estimate of drug-likeness (QED) is 0.173. The van der Waals surface area contributed by atoms with Gasteiger partial charge >= 0.3 is 6.18 Å². The number of benzene rings is 8. The van der Waals surface area contributed by atoms with E-state index in [4.69, 9.17) is 0 Å². The third-order valence-electron chi connectivity index (χ3n) is 11.1. The molecule has 10 rings (SSSR count). The highest BCUT2D eigenvalue weighted by Crippen LogP contribution is 2.45. The van der Waals surface area contributed by atoms with E-state index in [9.17, 15) is 18.4 Å². The van der Waals surface area contributed by atoms with Gasteiger partial charge in [0.2, 0.25) is 0 Å². The van der Waals surface area contributed by atoms with Gasteiger partial charge in [-0.1, -0.05) is 127 Å². The molecular formula is C51H32F3N3. The fourth-order valence-electron chi connectivity index (χ4n) is 8.51. The summed E-state index contributed by atoms with van der Waals surface area (Å²) in [6.45, 7) is 1.73. The van der Waals surface area contributed by atoms with Crippen molar-refractivity contribution in [3.63, 3.8) is 0 Å². The van der Waals surface area contributed by atoms with Crippen LogP contribution in [0.4, 0.5) is 13.2 Å². The zero-order chi connectivity index (χ0) is 38.8. The fraction of sp³-hybridized carbons (Fsp3) is 0.0392. The largest absolute Gasteiger partial charge is 0.416 e. The predicted molar refractivity (Wildman–Crippen MR) is 226 cm³/mol. The molecule has 0 bridgehead atoms. The van der Waals surface area contributed by atoms with Gasteiger partial charge in [-0.05, 0) is 88.8 Å². The van der Waals surface area contributed by atoms with Crippen molar-refractivity contribution in [3.8, 4) is 50.8 Å². The molecule has 3 nitrogen and oxygen atoms in total. The Hall–Kier alpha value is -7.36. The zero-order valence-corrected chi connectivity index (χ0v) is 30.7. The van der Waals surface area contributed by atoms with E-state index in [0.717, 1.165) is 71.9 Å². The molecule has 2 heterocycles. The summed E-state index contributed by atoms with van der Waals surface area (Å²) in [6, 6.07) is 59.6. The summed E-state index contributed by atoms with van der Waals surface area (Å²) >= 11 is 0. The number of aryl methyl sites for hydroxylation is 1. The first-order valence-corrected chi connectivity index (χ1v) is 18.7. The van der Waals surface area contributed by atoms with Gasteiger partial charge in [-0.2, -0.15) is 18.4 Å². The Kier molecular flexibility index (Phi) is 7.88. The van der Waals surface area contributed by atoms with Crippen LogP contribution >= 0.6 is 0 Å². The van der Waals surface area contributed by atoms with Gasteiger partial charge in [0, 0.05) is 27.1 Å². The van der Waals surface area contributed by atoms with Crippen molar-refractivity contribution in [3.05, 3.63) is 193 Å². The molecule has 0 amide bonds. The first-order chi connectivity index (χ1) is 27.8. The molecular weight excluding hydrogens is 712 g/mol. The van der Waals surface area contributed by atoms with Crippen LogP contribution in [0.1, 0.15) is 16.7 Å². The molecule has 10 aromatic rings. The molecule has 0 aliphatic carbocycles. The number of nitrogens with zero attached hydrogens (tertiary/aromatic N) is 3. The van der Waals surface area contributed by atoms with Crippen molar-refractivity contribution in [2.75, 3.05) is 0 Å². The maximum Gasteiger partial charge on any atom is 0.416 e. The van der Waals surface area contributed by atoms with Gasteiger partial charge in [-0.25, -0.2) is 0 Å². The van der Waals surface area contributed by atoms with Crippen molar-refractivity contribution in [1.29, 1.82) is 5.26 Å². The molecule has 0 saturated carbocycles. The van der Waals surface area contributed by atoms with Crippen molar-refractivity contribution >= 4 is 43.6 Å². The number of aromatic nitrogens is 2. The smallest absolute Gasteiger partial charge is 0.308 e. The zero-order valence-electron chi connectivity index (χ0n) is 30.7. The van der Waals surface area contributed by atoms with Crippen LogP contribution in [0.2, 0.25) is 0 Å². The normalized spacial score (nSPS) is 11.8. The van der Waals surface area contributed by atoms with Gasteiger partial charge in [-0.3, -0.25) is 0 Å². The highest BCUT2D eigenvalue weighted by atomic mass is 19.4. The molecule has 57 heavy (non-hydrogen) atoms. The van der Waals surface area contributed by atoms with Crippen molar-refractivity contribution in [2.24, 2.45) is 0 Å². The summed E-state index contributed by atoms with van der Waals surface area (Å²) < 4.78 is 47.0. The molecule has 8 aromatic carbocycles. The molecule has 0 unspecified atom stereocenters. The summed E-state index contributed by atoms with van der Waals surface area (Å²) in [6.07, 6.45) is -4.51. The van der Waals surface area contributed by atoms with Gasteiger partial charge in [0.25, 0.3) is 0 Å². The van der Waals surface area contributed by atoms with Crippen LogP contribution in [-0.2, 0) is 6.18 Å². The van der Waals surface area contributed by atoms with E-state index >= 15 is 0 Å². The third kappa shape index (κ3) is 5.58. The van der Waals surface area contributed by atoms with Crippen molar-refractivity contribution < 1.29 is 13.2 Å². The van der Waals surface area contributed by atoms with Crippen LogP contribution in [0.5, 0.6) is 0 Å². The van der Waals surface area contributed by atoms with Gasteiger partial charge in [0.15, 0.2) is 0 Å². The lowest BCUT2D eigenvalue weighted by molar-refractivity contribution is -0.137. The van der Waals surface area contributed by atoms with E-state index in [0.29, 0.717) is 33.6 Å². The van der Waals surface area contributed by atoms with Crippen LogP contribution in [0.25, 0.3) is 88.4 Å². The molecule has 6 heteroatoms. The topological polar surface area (TPSA) is 33.6 Å². The summed E-state index contributed by atoms with van der Waals surface area (Å²) in [4.78, 5) is 0. The molecule has 0 aliphatic rings. The molecule has 0 atom stereocenters. The number of rotatable bonds is 5. The highest BCUT2D eigenvalue weighted by molar-refractivity contribution is 6.13. The Morgan fingerprint density at radius 3 is 1.37 bits per heavy atom. The van der Waals surface area contributed by atoms with E-state index in [1.165, 1.54) is 6.07 Å². The van der Waals surface area contributed by atoms with Crippen molar-refractivity contribution in [2.45, 2.75) is 13.1 Å². The lowest BCUT2D eigenvalue weighted by atomic mass is 9.93. The minimum absolute atomic E-state index is 0.420. The minimum atomic E-state index is -4.51. The van der Waals surface area contributed by atoms with E-state index < -0.39 is 11.7 Å². The van der Waals surface area contributed by atoms with Crippen LogP contribution in [-0.4, -0.2) is 9.13 Å². The second-order valence-electron chi connectivity index (χ2n) is 14.4.